The number of benzene rings is 2. The number of hydrogen-bond acceptors (Lipinski definition) is 5. The first-order chi connectivity index (χ1) is 11.7. The van der Waals surface area contributed by atoms with Crippen molar-refractivity contribution >= 4 is 12.4 Å². The number of phenols is 2. The van der Waals surface area contributed by atoms with Crippen LogP contribution in [-0.4, -0.2) is 60.8 Å². The third kappa shape index (κ3) is 7.51. The second-order valence-corrected chi connectivity index (χ2v) is 5.49. The van der Waals surface area contributed by atoms with E-state index < -0.39 is 0 Å². The molecule has 2 rings (SSSR count). The average molecular weight is 384 g/mol. The van der Waals surface area contributed by atoms with E-state index in [-0.39, 0.29) is 28.3 Å². The van der Waals surface area contributed by atoms with Crippen molar-refractivity contribution in [3.8, 4) is 11.5 Å². The first-order valence-corrected chi connectivity index (χ1v) is 7.91. The summed E-state index contributed by atoms with van der Waals surface area (Å²) in [4.78, 5) is 10.8. The molecule has 1 radical (unpaired) electrons. The van der Waals surface area contributed by atoms with Crippen LogP contribution in [0.5, 0.6) is 11.5 Å². The quantitative estimate of drug-likeness (QED) is 0.688. The summed E-state index contributed by atoms with van der Waals surface area (Å²) in [6, 6.07) is 14.3. The smallest absolute Gasteiger partial charge is 0.124 e. The summed E-state index contributed by atoms with van der Waals surface area (Å²) in [6.07, 6.45) is 3.39. The third-order valence-corrected chi connectivity index (χ3v) is 3.56. The maximum Gasteiger partial charge on any atom is 0.124 e. The Bertz CT molecular complexity index is 645. The zero-order valence-corrected chi connectivity index (χ0v) is 15.2. The van der Waals surface area contributed by atoms with Crippen molar-refractivity contribution in [2.24, 2.45) is 9.98 Å². The molecule has 0 bridgehead atoms. The molecule has 2 aromatic carbocycles. The molecule has 0 amide bonds. The molecule has 2 N–H and O–H groups in total. The summed E-state index contributed by atoms with van der Waals surface area (Å²) in [7, 11) is 2.02. The van der Waals surface area contributed by atoms with E-state index in [1.807, 2.05) is 31.3 Å². The van der Waals surface area contributed by atoms with E-state index in [0.29, 0.717) is 13.1 Å². The fourth-order valence-electron chi connectivity index (χ4n) is 2.09. The number of likely N-dealkylation sites (N-methyl/N-ethyl adjacent to an activating group) is 1. The van der Waals surface area contributed by atoms with Crippen molar-refractivity contribution in [2.45, 2.75) is 0 Å². The molecular weight excluding hydrogens is 361 g/mol. The van der Waals surface area contributed by atoms with Crippen LogP contribution >= 0.6 is 0 Å². The Labute approximate surface area is 159 Å². The van der Waals surface area contributed by atoms with Crippen LogP contribution in [0.15, 0.2) is 58.5 Å². The predicted molar refractivity (Wildman–Crippen MR) is 98.6 cm³/mol. The Balaban J connectivity index is 0.00000312. The molecule has 25 heavy (non-hydrogen) atoms. The van der Waals surface area contributed by atoms with Crippen LogP contribution in [0.1, 0.15) is 11.1 Å². The van der Waals surface area contributed by atoms with Crippen LogP contribution in [-0.2, 0) is 16.8 Å². The van der Waals surface area contributed by atoms with E-state index in [0.717, 1.165) is 24.2 Å². The van der Waals surface area contributed by atoms with Crippen molar-refractivity contribution in [3.63, 3.8) is 0 Å². The summed E-state index contributed by atoms with van der Waals surface area (Å²) in [5, 5.41) is 19.3. The summed E-state index contributed by atoms with van der Waals surface area (Å²) < 4.78 is 0. The minimum absolute atomic E-state index is 0. The van der Waals surface area contributed by atoms with Gasteiger partial charge in [-0.05, 0) is 31.3 Å². The zero-order valence-electron chi connectivity index (χ0n) is 14.2. The summed E-state index contributed by atoms with van der Waals surface area (Å²) >= 11 is 0. The number of nitrogens with zero attached hydrogens (tertiary/aromatic N) is 3. The van der Waals surface area contributed by atoms with Crippen LogP contribution in [0.2, 0.25) is 0 Å². The van der Waals surface area contributed by atoms with Gasteiger partial charge in [0, 0.05) is 53.4 Å². The Kier molecular flexibility index (Phi) is 9.53. The Hall–Kier alpha value is -2.15. The Morgan fingerprint density at radius 1 is 0.800 bits per heavy atom. The molecule has 0 spiro atoms. The van der Waals surface area contributed by atoms with E-state index in [4.69, 9.17) is 0 Å². The molecule has 0 unspecified atom stereocenters. The SMILES string of the molecule is CN(CCN=Cc1ccccc1O)CCN=Cc1ccccc1O.[Co]. The maximum absolute atomic E-state index is 9.64. The third-order valence-electron chi connectivity index (χ3n) is 3.56. The van der Waals surface area contributed by atoms with Gasteiger partial charge in [0.05, 0.1) is 13.1 Å². The van der Waals surface area contributed by atoms with Gasteiger partial charge in [0.15, 0.2) is 0 Å². The minimum atomic E-state index is 0. The molecule has 6 heteroatoms. The molecule has 0 saturated carbocycles. The van der Waals surface area contributed by atoms with Gasteiger partial charge in [-0.15, -0.1) is 0 Å². The molecule has 0 aromatic heterocycles. The predicted octanol–water partition coefficient (Wildman–Crippen LogP) is 2.57. The molecule has 0 aliphatic rings. The number of rotatable bonds is 8. The second-order valence-electron chi connectivity index (χ2n) is 5.49. The van der Waals surface area contributed by atoms with Crippen LogP contribution in [0.3, 0.4) is 0 Å². The van der Waals surface area contributed by atoms with Crippen LogP contribution in [0.25, 0.3) is 0 Å². The summed E-state index contributed by atoms with van der Waals surface area (Å²) in [5.41, 5.74) is 1.46. The molecule has 2 aromatic rings. The van der Waals surface area contributed by atoms with E-state index >= 15 is 0 Å². The maximum atomic E-state index is 9.64. The fourth-order valence-corrected chi connectivity index (χ4v) is 2.09. The number of para-hydroxylation sites is 2. The Morgan fingerprint density at radius 3 is 1.60 bits per heavy atom. The van der Waals surface area contributed by atoms with Gasteiger partial charge in [0.2, 0.25) is 0 Å². The molecule has 0 atom stereocenters. The molecular formula is C19H23CoN3O2. The number of aliphatic imine (C=N–C) groups is 2. The van der Waals surface area contributed by atoms with Gasteiger partial charge in [-0.1, -0.05) is 24.3 Å². The number of hydrogen-bond donors (Lipinski definition) is 2. The van der Waals surface area contributed by atoms with Crippen LogP contribution in [0.4, 0.5) is 0 Å². The topological polar surface area (TPSA) is 68.4 Å². The van der Waals surface area contributed by atoms with Gasteiger partial charge >= 0.3 is 0 Å². The standard InChI is InChI=1S/C19H23N3O2.Co/c1-22(12-10-20-14-16-6-2-4-8-18(16)23)13-11-21-15-17-7-3-5-9-19(17)24;/h2-9,14-15,23-24H,10-13H2,1H3;. The largest absolute Gasteiger partial charge is 0.507 e. The van der Waals surface area contributed by atoms with E-state index in [1.54, 1.807) is 36.7 Å². The normalized spacial score (nSPS) is 11.3. The van der Waals surface area contributed by atoms with Gasteiger partial charge in [0.25, 0.3) is 0 Å². The summed E-state index contributed by atoms with van der Waals surface area (Å²) in [5.74, 6) is 0.487. The van der Waals surface area contributed by atoms with E-state index in [2.05, 4.69) is 14.9 Å². The fraction of sp³-hybridized carbons (Fsp3) is 0.263. The van der Waals surface area contributed by atoms with Crippen molar-refractivity contribution in [1.82, 2.24) is 4.90 Å². The van der Waals surface area contributed by atoms with Gasteiger partial charge in [-0.25, -0.2) is 0 Å². The van der Waals surface area contributed by atoms with Gasteiger partial charge < -0.3 is 15.1 Å². The van der Waals surface area contributed by atoms with Crippen molar-refractivity contribution < 1.29 is 27.0 Å². The van der Waals surface area contributed by atoms with Gasteiger partial charge in [-0.3, -0.25) is 9.98 Å². The van der Waals surface area contributed by atoms with Crippen molar-refractivity contribution in [1.29, 1.82) is 0 Å². The number of aromatic hydroxyl groups is 2. The first kappa shape index (κ1) is 20.9. The first-order valence-electron chi connectivity index (χ1n) is 7.91. The van der Waals surface area contributed by atoms with Crippen molar-refractivity contribution in [2.75, 3.05) is 33.2 Å². The van der Waals surface area contributed by atoms with E-state index in [1.165, 1.54) is 0 Å². The van der Waals surface area contributed by atoms with Crippen LogP contribution in [0, 0.1) is 0 Å². The Morgan fingerprint density at radius 2 is 1.20 bits per heavy atom. The molecule has 0 heterocycles. The molecule has 0 fully saturated rings. The zero-order chi connectivity index (χ0) is 17.2. The second kappa shape index (κ2) is 11.4. The van der Waals surface area contributed by atoms with Crippen LogP contribution < -0.4 is 0 Å². The molecule has 0 aliphatic heterocycles. The monoisotopic (exact) mass is 384 g/mol. The average Bonchev–Trinajstić information content (AvgIpc) is 2.58. The number of phenolic OH excluding ortho intramolecular Hbond substituents is 2. The van der Waals surface area contributed by atoms with Gasteiger partial charge in [0.1, 0.15) is 11.5 Å². The molecule has 0 aliphatic carbocycles. The van der Waals surface area contributed by atoms with Crippen molar-refractivity contribution in [3.05, 3.63) is 59.7 Å². The molecule has 0 saturated heterocycles. The van der Waals surface area contributed by atoms with E-state index in [9.17, 15) is 10.2 Å². The molecule has 135 valence electrons. The summed E-state index contributed by atoms with van der Waals surface area (Å²) in [6.45, 7) is 2.95. The van der Waals surface area contributed by atoms with Gasteiger partial charge in [-0.2, -0.15) is 0 Å². The minimum Gasteiger partial charge on any atom is -0.507 e. The molecule has 5 nitrogen and oxygen atoms in total.